The summed E-state index contributed by atoms with van der Waals surface area (Å²) in [5, 5.41) is 0. The van der Waals surface area contributed by atoms with Crippen molar-refractivity contribution in [3.05, 3.63) is 0 Å². The highest BCUT2D eigenvalue weighted by Gasteiger charge is 2.50. The fraction of sp³-hybridized carbons (Fsp3) is 1.00. The molecule has 0 aliphatic carbocycles. The van der Waals surface area contributed by atoms with Gasteiger partial charge in [-0.3, -0.25) is 4.90 Å². The molecule has 0 saturated carbocycles. The van der Waals surface area contributed by atoms with Gasteiger partial charge in [0.1, 0.15) is 0 Å². The van der Waals surface area contributed by atoms with Gasteiger partial charge in [0.25, 0.3) is 0 Å². The third-order valence-electron chi connectivity index (χ3n) is 5.54. The Morgan fingerprint density at radius 1 is 1.11 bits per heavy atom. The lowest BCUT2D eigenvalue weighted by atomic mass is 9.81. The van der Waals surface area contributed by atoms with Gasteiger partial charge in [-0.2, -0.15) is 0 Å². The standard InChI is InChI=1S/C16H29NS2/c1-3-6-13-8-9-14(15-7-5-10-17(13)15)16(4-2)18-11-12-19-16/h13-15H,3-12H2,1-2H3/t13-,14-,15+/m1/s1. The average molecular weight is 300 g/mol. The molecule has 3 saturated heterocycles. The molecule has 3 aliphatic heterocycles. The van der Waals surface area contributed by atoms with Crippen LogP contribution in [0.3, 0.4) is 0 Å². The van der Waals surface area contributed by atoms with Crippen LogP contribution >= 0.6 is 23.5 Å². The van der Waals surface area contributed by atoms with Gasteiger partial charge in [-0.05, 0) is 51.0 Å². The average Bonchev–Trinajstić information content (AvgIpc) is 3.09. The molecule has 0 radical (unpaired) electrons. The van der Waals surface area contributed by atoms with Gasteiger partial charge in [-0.1, -0.05) is 20.3 Å². The van der Waals surface area contributed by atoms with E-state index in [-0.39, 0.29) is 0 Å². The van der Waals surface area contributed by atoms with Gasteiger partial charge in [0.2, 0.25) is 0 Å². The van der Waals surface area contributed by atoms with E-state index in [9.17, 15) is 0 Å². The summed E-state index contributed by atoms with van der Waals surface area (Å²) >= 11 is 4.59. The predicted octanol–water partition coefficient (Wildman–Crippen LogP) is 4.62. The SMILES string of the molecule is CCC[C@@H]1CC[C@@H](C2(CC)SCCS2)[C@@H]2CCCN12. The molecule has 0 spiro atoms. The molecule has 3 aliphatic rings. The lowest BCUT2D eigenvalue weighted by Crippen LogP contribution is -2.52. The third kappa shape index (κ3) is 2.60. The van der Waals surface area contributed by atoms with Crippen molar-refractivity contribution in [2.45, 2.75) is 75.0 Å². The van der Waals surface area contributed by atoms with E-state index >= 15 is 0 Å². The number of nitrogens with zero attached hydrogens (tertiary/aromatic N) is 1. The van der Waals surface area contributed by atoms with Crippen molar-refractivity contribution in [1.82, 2.24) is 4.90 Å². The summed E-state index contributed by atoms with van der Waals surface area (Å²) in [5.74, 6) is 3.74. The van der Waals surface area contributed by atoms with Crippen molar-refractivity contribution >= 4 is 23.5 Å². The first kappa shape index (κ1) is 14.6. The molecule has 0 amide bonds. The normalized spacial score (nSPS) is 38.5. The summed E-state index contributed by atoms with van der Waals surface area (Å²) in [6, 6.07) is 1.84. The van der Waals surface area contributed by atoms with Crippen LogP contribution in [0.15, 0.2) is 0 Å². The first-order chi connectivity index (χ1) is 9.30. The summed E-state index contributed by atoms with van der Waals surface area (Å²) in [4.78, 5) is 2.93. The molecule has 3 fully saturated rings. The van der Waals surface area contributed by atoms with E-state index in [2.05, 4.69) is 42.3 Å². The molecule has 3 atom stereocenters. The van der Waals surface area contributed by atoms with Gasteiger partial charge in [0.15, 0.2) is 0 Å². The smallest absolute Gasteiger partial charge is 0.0651 e. The number of fused-ring (bicyclic) bond motifs is 1. The summed E-state index contributed by atoms with van der Waals surface area (Å²) in [6.45, 7) is 6.18. The summed E-state index contributed by atoms with van der Waals surface area (Å²) in [6.07, 6.45) is 10.1. The molecular formula is C16H29NS2. The third-order valence-corrected chi connectivity index (χ3v) is 9.48. The van der Waals surface area contributed by atoms with Crippen molar-refractivity contribution in [2.24, 2.45) is 5.92 Å². The minimum absolute atomic E-state index is 0.574. The minimum atomic E-state index is 0.574. The maximum Gasteiger partial charge on any atom is 0.0651 e. The van der Waals surface area contributed by atoms with Crippen LogP contribution in [0.4, 0.5) is 0 Å². The molecule has 19 heavy (non-hydrogen) atoms. The molecule has 0 N–H and O–H groups in total. The summed E-state index contributed by atoms with van der Waals surface area (Å²) < 4.78 is 0.574. The molecular weight excluding hydrogens is 270 g/mol. The Kier molecular flexibility index (Phi) is 4.75. The van der Waals surface area contributed by atoms with E-state index in [0.717, 1.165) is 18.0 Å². The van der Waals surface area contributed by atoms with Crippen LogP contribution in [0.5, 0.6) is 0 Å². The Balaban J connectivity index is 1.77. The fourth-order valence-corrected chi connectivity index (χ4v) is 8.32. The highest BCUT2D eigenvalue weighted by atomic mass is 32.2. The largest absolute Gasteiger partial charge is 0.297 e. The number of thioether (sulfide) groups is 2. The highest BCUT2D eigenvalue weighted by molar-refractivity contribution is 8.21. The first-order valence-corrected chi connectivity index (χ1v) is 10.3. The molecule has 0 unspecified atom stereocenters. The Bertz CT molecular complexity index is 301. The summed E-state index contributed by atoms with van der Waals surface area (Å²) in [7, 11) is 0. The second-order valence-corrected chi connectivity index (χ2v) is 9.55. The fourth-order valence-electron chi connectivity index (χ4n) is 4.74. The van der Waals surface area contributed by atoms with Crippen LogP contribution in [-0.4, -0.2) is 39.1 Å². The lowest BCUT2D eigenvalue weighted by molar-refractivity contribution is 0.0631. The van der Waals surface area contributed by atoms with Crippen molar-refractivity contribution in [1.29, 1.82) is 0 Å². The summed E-state index contributed by atoms with van der Waals surface area (Å²) in [5.41, 5.74) is 0. The Hall–Kier alpha value is 0.660. The Morgan fingerprint density at radius 2 is 1.89 bits per heavy atom. The van der Waals surface area contributed by atoms with Gasteiger partial charge in [-0.25, -0.2) is 0 Å². The van der Waals surface area contributed by atoms with E-state index in [1.807, 2.05) is 0 Å². The number of hydrogen-bond donors (Lipinski definition) is 0. The van der Waals surface area contributed by atoms with Crippen LogP contribution in [0, 0.1) is 5.92 Å². The maximum absolute atomic E-state index is 2.93. The van der Waals surface area contributed by atoms with Gasteiger partial charge < -0.3 is 0 Å². The van der Waals surface area contributed by atoms with Crippen molar-refractivity contribution in [3.63, 3.8) is 0 Å². The molecule has 3 heteroatoms. The molecule has 3 heterocycles. The van der Waals surface area contributed by atoms with Crippen molar-refractivity contribution < 1.29 is 0 Å². The molecule has 0 aromatic carbocycles. The van der Waals surface area contributed by atoms with Crippen molar-refractivity contribution in [2.75, 3.05) is 18.1 Å². The zero-order valence-corrected chi connectivity index (χ0v) is 14.2. The molecule has 0 aromatic rings. The first-order valence-electron chi connectivity index (χ1n) is 8.34. The monoisotopic (exact) mass is 299 g/mol. The van der Waals surface area contributed by atoms with Crippen LogP contribution < -0.4 is 0 Å². The van der Waals surface area contributed by atoms with Crippen LogP contribution in [0.2, 0.25) is 0 Å². The number of rotatable bonds is 4. The van der Waals surface area contributed by atoms with Gasteiger partial charge in [0, 0.05) is 23.6 Å². The molecule has 0 bridgehead atoms. The van der Waals surface area contributed by atoms with E-state index in [1.54, 1.807) is 0 Å². The minimum Gasteiger partial charge on any atom is -0.297 e. The Morgan fingerprint density at radius 3 is 2.58 bits per heavy atom. The molecule has 1 nitrogen and oxygen atoms in total. The second kappa shape index (κ2) is 6.19. The van der Waals surface area contributed by atoms with Gasteiger partial charge >= 0.3 is 0 Å². The molecule has 3 rings (SSSR count). The van der Waals surface area contributed by atoms with Crippen LogP contribution in [0.1, 0.15) is 58.8 Å². The van der Waals surface area contributed by atoms with Gasteiger partial charge in [-0.15, -0.1) is 23.5 Å². The van der Waals surface area contributed by atoms with E-state index < -0.39 is 0 Å². The molecule has 0 aromatic heterocycles. The molecule has 110 valence electrons. The topological polar surface area (TPSA) is 3.24 Å². The van der Waals surface area contributed by atoms with Crippen LogP contribution in [-0.2, 0) is 0 Å². The Labute approximate surface area is 127 Å². The van der Waals surface area contributed by atoms with Gasteiger partial charge in [0.05, 0.1) is 4.08 Å². The number of piperidine rings is 1. The lowest BCUT2D eigenvalue weighted by Gasteiger charge is -2.49. The quantitative estimate of drug-likeness (QED) is 0.746. The highest BCUT2D eigenvalue weighted by Crippen LogP contribution is 2.57. The maximum atomic E-state index is 2.93. The second-order valence-electron chi connectivity index (χ2n) is 6.44. The number of hydrogen-bond acceptors (Lipinski definition) is 3. The van der Waals surface area contributed by atoms with E-state index in [0.29, 0.717) is 4.08 Å². The zero-order valence-electron chi connectivity index (χ0n) is 12.6. The van der Waals surface area contributed by atoms with Crippen molar-refractivity contribution in [3.8, 4) is 0 Å². The van der Waals surface area contributed by atoms with E-state index in [4.69, 9.17) is 0 Å². The van der Waals surface area contributed by atoms with E-state index in [1.165, 1.54) is 63.0 Å². The zero-order chi connectivity index (χ0) is 13.3. The van der Waals surface area contributed by atoms with Crippen LogP contribution in [0.25, 0.3) is 0 Å². The predicted molar refractivity (Wildman–Crippen MR) is 89.1 cm³/mol.